The number of nitrogens with zero attached hydrogens (tertiary/aromatic N) is 4. The van der Waals surface area contributed by atoms with Crippen LogP contribution in [0.3, 0.4) is 0 Å². The normalized spacial score (nSPS) is 13.9. The second-order valence-corrected chi connectivity index (χ2v) is 11.3. The van der Waals surface area contributed by atoms with Crippen molar-refractivity contribution in [3.63, 3.8) is 0 Å². The Bertz CT molecular complexity index is 1380. The zero-order valence-electron chi connectivity index (χ0n) is 25.2. The number of methoxy groups -OCH3 is 1. The maximum absolute atomic E-state index is 14.5. The minimum atomic E-state index is -0.804. The van der Waals surface area contributed by atoms with Crippen molar-refractivity contribution in [2.45, 2.75) is 58.8 Å². The Balaban J connectivity index is 1.30. The minimum Gasteiger partial charge on any atom is -0.494 e. The summed E-state index contributed by atoms with van der Waals surface area (Å²) in [6.07, 6.45) is 3.98. The van der Waals surface area contributed by atoms with Crippen molar-refractivity contribution in [1.82, 2.24) is 14.9 Å². The Morgan fingerprint density at radius 1 is 1.12 bits per heavy atom. The van der Waals surface area contributed by atoms with Crippen LogP contribution in [-0.2, 0) is 11.3 Å². The Hall–Kier alpha value is -4.19. The average Bonchev–Trinajstić information content (AvgIpc) is 2.98. The Labute approximate surface area is 250 Å². The second kappa shape index (κ2) is 13.9. The summed E-state index contributed by atoms with van der Waals surface area (Å²) in [4.78, 5) is 25.1. The summed E-state index contributed by atoms with van der Waals surface area (Å²) < 4.78 is 45.0. The first-order valence-electron chi connectivity index (χ1n) is 14.2. The molecule has 0 bridgehead atoms. The molecule has 12 heteroatoms. The second-order valence-electron chi connectivity index (χ2n) is 11.3. The van der Waals surface area contributed by atoms with Gasteiger partial charge in [0.05, 0.1) is 31.7 Å². The fraction of sp³-hybridized carbons (Fsp3) is 0.452. The van der Waals surface area contributed by atoms with Gasteiger partial charge in [-0.25, -0.2) is 23.5 Å². The highest BCUT2D eigenvalue weighted by Crippen LogP contribution is 2.28. The summed E-state index contributed by atoms with van der Waals surface area (Å²) in [5.74, 6) is -0.946. The number of aliphatic hydroxyl groups is 1. The molecule has 1 aliphatic rings. The third-order valence-electron chi connectivity index (χ3n) is 7.03. The van der Waals surface area contributed by atoms with Crippen molar-refractivity contribution in [3.05, 3.63) is 65.5 Å². The Morgan fingerprint density at radius 2 is 1.77 bits per heavy atom. The van der Waals surface area contributed by atoms with Gasteiger partial charge in [0.1, 0.15) is 18.0 Å². The van der Waals surface area contributed by atoms with Gasteiger partial charge in [0.15, 0.2) is 17.3 Å². The molecule has 10 nitrogen and oxygen atoms in total. The largest absolute Gasteiger partial charge is 0.494 e. The summed E-state index contributed by atoms with van der Waals surface area (Å²) in [5.41, 5.74) is 1.26. The molecule has 2 aromatic carbocycles. The number of ether oxygens (including phenoxy) is 3. The number of aliphatic hydroxyl groups excluding tert-OH is 1. The van der Waals surface area contributed by atoms with Crippen molar-refractivity contribution < 1.29 is 32.9 Å². The number of anilines is 3. The highest BCUT2D eigenvalue weighted by molar-refractivity contribution is 5.68. The number of amides is 1. The lowest BCUT2D eigenvalue weighted by atomic mass is 10.0. The van der Waals surface area contributed by atoms with E-state index in [1.54, 1.807) is 4.90 Å². The van der Waals surface area contributed by atoms with Crippen molar-refractivity contribution in [2.75, 3.05) is 43.6 Å². The van der Waals surface area contributed by atoms with Gasteiger partial charge in [-0.3, -0.25) is 0 Å². The Morgan fingerprint density at radius 3 is 2.35 bits per heavy atom. The van der Waals surface area contributed by atoms with E-state index in [2.05, 4.69) is 20.2 Å². The molecule has 0 aliphatic carbocycles. The molecule has 0 unspecified atom stereocenters. The maximum Gasteiger partial charge on any atom is 0.410 e. The van der Waals surface area contributed by atoms with Crippen LogP contribution in [-0.4, -0.2) is 71.1 Å². The number of rotatable bonds is 10. The van der Waals surface area contributed by atoms with Crippen LogP contribution in [0.15, 0.2) is 42.7 Å². The van der Waals surface area contributed by atoms with Crippen LogP contribution in [0.4, 0.5) is 30.9 Å². The van der Waals surface area contributed by atoms with E-state index in [-0.39, 0.29) is 48.4 Å². The first-order valence-corrected chi connectivity index (χ1v) is 14.2. The predicted molar refractivity (Wildman–Crippen MR) is 159 cm³/mol. The van der Waals surface area contributed by atoms with Crippen LogP contribution >= 0.6 is 0 Å². The van der Waals surface area contributed by atoms with Crippen LogP contribution in [0.1, 0.15) is 44.7 Å². The quantitative estimate of drug-likeness (QED) is 0.308. The zero-order valence-corrected chi connectivity index (χ0v) is 25.2. The third-order valence-corrected chi connectivity index (χ3v) is 7.03. The number of hydrogen-bond donors (Lipinski definition) is 2. The van der Waals surface area contributed by atoms with E-state index in [0.717, 1.165) is 37.3 Å². The van der Waals surface area contributed by atoms with E-state index in [4.69, 9.17) is 14.2 Å². The van der Waals surface area contributed by atoms with Gasteiger partial charge in [-0.1, -0.05) is 0 Å². The monoisotopic (exact) mass is 599 g/mol. The highest BCUT2D eigenvalue weighted by Gasteiger charge is 2.31. The van der Waals surface area contributed by atoms with Gasteiger partial charge >= 0.3 is 6.09 Å². The lowest BCUT2D eigenvalue weighted by Gasteiger charge is -2.39. The van der Waals surface area contributed by atoms with Crippen LogP contribution in [0, 0.1) is 18.6 Å². The molecular formula is C31H39F2N5O5. The van der Waals surface area contributed by atoms with Gasteiger partial charge in [-0.05, 0) is 76.4 Å². The van der Waals surface area contributed by atoms with Gasteiger partial charge in [0.25, 0.3) is 0 Å². The standard InChI is InChI=1S/C31H39F2N5O5/c1-20-16-26(41-5)28(33)25(27(20)32)19-42-24-17-34-29(35-18-24)36-21-6-8-22(9-7-21)37-12-10-23(11-13-37)38(14-15-39)30(40)43-31(2,3)4/h6-9,16-18,23,39H,10-15,19H2,1-5H3,(H,34,35,36). The van der Waals surface area contributed by atoms with E-state index in [1.165, 1.54) is 32.5 Å². The lowest BCUT2D eigenvalue weighted by molar-refractivity contribution is 0.00970. The van der Waals surface area contributed by atoms with Crippen LogP contribution < -0.4 is 19.7 Å². The number of halogens is 2. The molecule has 43 heavy (non-hydrogen) atoms. The SMILES string of the molecule is COc1cc(C)c(F)c(COc2cnc(Nc3ccc(N4CCC(N(CCO)C(=O)OC(C)(C)C)CC4)cc3)nc2)c1F. The average molecular weight is 600 g/mol. The van der Waals surface area contributed by atoms with E-state index in [0.29, 0.717) is 5.95 Å². The fourth-order valence-electron chi connectivity index (χ4n) is 4.86. The van der Waals surface area contributed by atoms with Crippen LogP contribution in [0.25, 0.3) is 0 Å². The zero-order chi connectivity index (χ0) is 31.1. The number of benzene rings is 2. The third kappa shape index (κ3) is 8.22. The van der Waals surface area contributed by atoms with E-state index in [9.17, 15) is 18.7 Å². The lowest BCUT2D eigenvalue weighted by Crippen LogP contribution is -2.49. The van der Waals surface area contributed by atoms with Crippen molar-refractivity contribution >= 4 is 23.4 Å². The van der Waals surface area contributed by atoms with Gasteiger partial charge in [-0.2, -0.15) is 0 Å². The predicted octanol–water partition coefficient (Wildman–Crippen LogP) is 5.59. The number of carbonyl (C=O) groups is 1. The number of carbonyl (C=O) groups excluding carboxylic acids is 1. The number of hydrogen-bond acceptors (Lipinski definition) is 9. The summed E-state index contributed by atoms with van der Waals surface area (Å²) in [6.45, 7) is 8.33. The van der Waals surface area contributed by atoms with Gasteiger partial charge in [0.2, 0.25) is 5.95 Å². The molecule has 2 heterocycles. The van der Waals surface area contributed by atoms with Crippen molar-refractivity contribution in [1.29, 1.82) is 0 Å². The van der Waals surface area contributed by atoms with Gasteiger partial charge in [0, 0.05) is 37.1 Å². The van der Waals surface area contributed by atoms with E-state index in [1.807, 2.05) is 45.0 Å². The number of nitrogens with one attached hydrogen (secondary N) is 1. The molecule has 1 aliphatic heterocycles. The molecule has 0 saturated carbocycles. The molecule has 1 aromatic heterocycles. The topological polar surface area (TPSA) is 109 Å². The van der Waals surface area contributed by atoms with Crippen molar-refractivity contribution in [3.8, 4) is 11.5 Å². The van der Waals surface area contributed by atoms with E-state index >= 15 is 0 Å². The van der Waals surface area contributed by atoms with Crippen LogP contribution in [0.5, 0.6) is 11.5 Å². The smallest absolute Gasteiger partial charge is 0.410 e. The van der Waals surface area contributed by atoms with Crippen molar-refractivity contribution in [2.24, 2.45) is 0 Å². The minimum absolute atomic E-state index is 0.000903. The summed E-state index contributed by atoms with van der Waals surface area (Å²) >= 11 is 0. The fourth-order valence-corrected chi connectivity index (χ4v) is 4.86. The molecule has 0 radical (unpaired) electrons. The summed E-state index contributed by atoms with van der Waals surface area (Å²) in [7, 11) is 1.32. The molecule has 0 atom stereocenters. The molecule has 1 saturated heterocycles. The molecule has 0 spiro atoms. The highest BCUT2D eigenvalue weighted by atomic mass is 19.1. The van der Waals surface area contributed by atoms with E-state index < -0.39 is 23.3 Å². The summed E-state index contributed by atoms with van der Waals surface area (Å²) in [5, 5.41) is 12.6. The Kier molecular flexibility index (Phi) is 10.2. The van der Waals surface area contributed by atoms with Gasteiger partial charge in [-0.15, -0.1) is 0 Å². The first-order chi connectivity index (χ1) is 20.5. The molecule has 1 amide bonds. The molecular weight excluding hydrogens is 560 g/mol. The van der Waals surface area contributed by atoms with Gasteiger partial charge < -0.3 is 34.4 Å². The molecule has 4 rings (SSSR count). The van der Waals surface area contributed by atoms with Crippen LogP contribution in [0.2, 0.25) is 0 Å². The number of aromatic nitrogens is 2. The summed E-state index contributed by atoms with van der Waals surface area (Å²) in [6, 6.07) is 9.14. The number of aryl methyl sites for hydroxylation is 1. The first kappa shape index (κ1) is 31.7. The molecule has 232 valence electrons. The molecule has 1 fully saturated rings. The molecule has 3 aromatic rings. The number of piperidine rings is 1. The molecule has 2 N–H and O–H groups in total. The maximum atomic E-state index is 14.5.